The first-order valence-corrected chi connectivity index (χ1v) is 18.1. The number of likely N-dealkylation sites (N-methyl/N-ethyl adjacent to an activating group) is 1. The summed E-state index contributed by atoms with van der Waals surface area (Å²) in [6.07, 6.45) is 2.16. The SMILES string of the molecule is COc1ccc(CN(C)C[C@@H]2OCCCC[C@@H](C)Oc3ccc(NS(=O)(=O)c4cccs4)cc3C(=O)N([C@@H](C)CO)C[C@H]2C)cc1. The highest BCUT2D eigenvalue weighted by molar-refractivity contribution is 7.94. The number of carbonyl (C=O) groups is 1. The molecule has 46 heavy (non-hydrogen) atoms. The number of aliphatic hydroxyl groups is 1. The third kappa shape index (κ3) is 9.68. The van der Waals surface area contributed by atoms with E-state index in [1.807, 2.05) is 31.2 Å². The maximum atomic E-state index is 14.3. The molecule has 2 aromatic carbocycles. The summed E-state index contributed by atoms with van der Waals surface area (Å²) >= 11 is 1.11. The molecular weight excluding hydrogens is 627 g/mol. The van der Waals surface area contributed by atoms with Gasteiger partial charge < -0.3 is 24.2 Å². The number of sulfonamides is 1. The minimum atomic E-state index is -3.83. The number of nitrogens with zero attached hydrogens (tertiary/aromatic N) is 2. The number of nitrogens with one attached hydrogen (secondary N) is 1. The molecule has 12 heteroatoms. The largest absolute Gasteiger partial charge is 0.497 e. The summed E-state index contributed by atoms with van der Waals surface area (Å²) in [5, 5.41) is 11.9. The maximum absolute atomic E-state index is 14.3. The Bertz CT molecular complexity index is 1500. The van der Waals surface area contributed by atoms with Crippen molar-refractivity contribution >= 4 is 33.0 Å². The first-order chi connectivity index (χ1) is 22.0. The van der Waals surface area contributed by atoms with E-state index in [4.69, 9.17) is 14.2 Å². The van der Waals surface area contributed by atoms with Gasteiger partial charge in [0.05, 0.1) is 37.5 Å². The molecule has 0 unspecified atom stereocenters. The molecule has 1 aromatic heterocycles. The third-order valence-corrected chi connectivity index (χ3v) is 10.9. The number of ether oxygens (including phenoxy) is 3. The number of aliphatic hydroxyl groups excluding tert-OH is 1. The first kappa shape index (κ1) is 35.7. The Balaban J connectivity index is 1.61. The lowest BCUT2D eigenvalue weighted by Crippen LogP contribution is -2.47. The standard InChI is InChI=1S/C34H47N3O7S2/c1-24-20-37(25(2)23-38)34(39)30-19-28(35-46(40,41)33-10-8-18-45-33)13-16-31(30)44-26(3)9-6-7-17-43-32(24)22-36(4)21-27-11-14-29(42-5)15-12-27/h8,10-16,18-19,24-26,32,35,38H,6-7,9,17,20-23H2,1-5H3/t24-,25+,26-,32+/m1/s1. The van der Waals surface area contributed by atoms with E-state index in [9.17, 15) is 18.3 Å². The molecule has 2 heterocycles. The van der Waals surface area contributed by atoms with Crippen molar-refractivity contribution in [3.8, 4) is 11.5 Å². The van der Waals surface area contributed by atoms with Crippen LogP contribution in [-0.2, 0) is 21.3 Å². The van der Waals surface area contributed by atoms with Gasteiger partial charge in [0, 0.05) is 37.8 Å². The van der Waals surface area contributed by atoms with Gasteiger partial charge in [-0.25, -0.2) is 8.42 Å². The van der Waals surface area contributed by atoms with Crippen LogP contribution in [-0.4, -0.2) is 87.9 Å². The number of hydrogen-bond acceptors (Lipinski definition) is 9. The van der Waals surface area contributed by atoms with Crippen LogP contribution in [0.1, 0.15) is 56.0 Å². The Morgan fingerprint density at radius 2 is 1.91 bits per heavy atom. The predicted octanol–water partition coefficient (Wildman–Crippen LogP) is 5.49. The summed E-state index contributed by atoms with van der Waals surface area (Å²) in [6, 6.07) is 15.5. The summed E-state index contributed by atoms with van der Waals surface area (Å²) in [5.41, 5.74) is 1.64. The molecule has 1 amide bonds. The predicted molar refractivity (Wildman–Crippen MR) is 181 cm³/mol. The van der Waals surface area contributed by atoms with Gasteiger partial charge in [-0.1, -0.05) is 25.1 Å². The number of anilines is 1. The smallest absolute Gasteiger partial charge is 0.271 e. The number of thiophene rings is 1. The molecule has 1 aliphatic heterocycles. The average molecular weight is 674 g/mol. The molecule has 0 aliphatic carbocycles. The van der Waals surface area contributed by atoms with E-state index in [0.29, 0.717) is 25.4 Å². The van der Waals surface area contributed by atoms with E-state index < -0.39 is 16.1 Å². The van der Waals surface area contributed by atoms with Gasteiger partial charge in [-0.05, 0) is 87.5 Å². The molecule has 0 spiro atoms. The molecule has 0 saturated heterocycles. The Hall–Kier alpha value is -3.16. The summed E-state index contributed by atoms with van der Waals surface area (Å²) in [5.74, 6) is 0.757. The molecule has 2 N–H and O–H groups in total. The van der Waals surface area contributed by atoms with Crippen molar-refractivity contribution in [3.63, 3.8) is 0 Å². The minimum Gasteiger partial charge on any atom is -0.497 e. The van der Waals surface area contributed by atoms with Gasteiger partial charge >= 0.3 is 0 Å². The zero-order valence-electron chi connectivity index (χ0n) is 27.3. The second-order valence-corrected chi connectivity index (χ2v) is 15.0. The highest BCUT2D eigenvalue weighted by atomic mass is 32.2. The summed E-state index contributed by atoms with van der Waals surface area (Å²) < 4.78 is 46.8. The van der Waals surface area contributed by atoms with E-state index in [0.717, 1.165) is 48.5 Å². The maximum Gasteiger partial charge on any atom is 0.271 e. The Morgan fingerprint density at radius 3 is 2.59 bits per heavy atom. The lowest BCUT2D eigenvalue weighted by atomic mass is 10.0. The second-order valence-electron chi connectivity index (χ2n) is 12.1. The average Bonchev–Trinajstić information content (AvgIpc) is 3.59. The highest BCUT2D eigenvalue weighted by Gasteiger charge is 2.31. The van der Waals surface area contributed by atoms with Crippen molar-refractivity contribution < 1.29 is 32.5 Å². The van der Waals surface area contributed by atoms with E-state index in [2.05, 4.69) is 23.6 Å². The van der Waals surface area contributed by atoms with Crippen LogP contribution < -0.4 is 14.2 Å². The monoisotopic (exact) mass is 673 g/mol. The highest BCUT2D eigenvalue weighted by Crippen LogP contribution is 2.30. The van der Waals surface area contributed by atoms with Crippen molar-refractivity contribution in [1.82, 2.24) is 9.80 Å². The number of fused-ring (bicyclic) bond motifs is 1. The second kappa shape index (κ2) is 16.6. The molecule has 4 rings (SSSR count). The minimum absolute atomic E-state index is 0.0805. The van der Waals surface area contributed by atoms with Gasteiger partial charge in [-0.3, -0.25) is 14.4 Å². The third-order valence-electron chi connectivity index (χ3n) is 8.17. The van der Waals surface area contributed by atoms with Crippen LogP contribution >= 0.6 is 11.3 Å². The van der Waals surface area contributed by atoms with Crippen LogP contribution in [0.3, 0.4) is 0 Å². The summed E-state index contributed by atoms with van der Waals surface area (Å²) in [6.45, 7) is 7.86. The van der Waals surface area contributed by atoms with E-state index in [1.165, 1.54) is 12.1 Å². The number of rotatable bonds is 10. The van der Waals surface area contributed by atoms with E-state index in [-0.39, 0.29) is 46.1 Å². The number of benzene rings is 2. The number of carbonyl (C=O) groups excluding carboxylic acids is 1. The normalized spacial score (nSPS) is 20.8. The number of amides is 1. The van der Waals surface area contributed by atoms with Crippen LogP contribution in [0.25, 0.3) is 0 Å². The number of methoxy groups -OCH3 is 1. The molecular formula is C34H47N3O7S2. The molecule has 1 aliphatic rings. The Kier molecular flexibility index (Phi) is 12.9. The zero-order chi connectivity index (χ0) is 33.3. The van der Waals surface area contributed by atoms with Crippen molar-refractivity contribution in [3.05, 3.63) is 71.1 Å². The molecule has 0 radical (unpaired) electrons. The first-order valence-electron chi connectivity index (χ1n) is 15.7. The molecule has 0 saturated carbocycles. The van der Waals surface area contributed by atoms with Gasteiger partial charge in [0.25, 0.3) is 15.9 Å². The molecule has 0 fully saturated rings. The van der Waals surface area contributed by atoms with Crippen molar-refractivity contribution in [2.75, 3.05) is 45.2 Å². The van der Waals surface area contributed by atoms with Gasteiger partial charge in [-0.15, -0.1) is 11.3 Å². The molecule has 252 valence electrons. The molecule has 10 nitrogen and oxygen atoms in total. The van der Waals surface area contributed by atoms with Crippen LogP contribution in [0.5, 0.6) is 11.5 Å². The zero-order valence-corrected chi connectivity index (χ0v) is 29.0. The fraction of sp³-hybridized carbons (Fsp3) is 0.500. The van der Waals surface area contributed by atoms with Crippen LogP contribution in [0.15, 0.2) is 64.2 Å². The Morgan fingerprint density at radius 1 is 1.15 bits per heavy atom. The molecule has 3 aromatic rings. The van der Waals surface area contributed by atoms with Gasteiger partial charge in [0.2, 0.25) is 0 Å². The van der Waals surface area contributed by atoms with E-state index >= 15 is 0 Å². The van der Waals surface area contributed by atoms with Crippen molar-refractivity contribution in [2.45, 2.75) is 69.0 Å². The van der Waals surface area contributed by atoms with E-state index in [1.54, 1.807) is 42.5 Å². The fourth-order valence-electron chi connectivity index (χ4n) is 5.48. The topological polar surface area (TPSA) is 118 Å². The van der Waals surface area contributed by atoms with Gasteiger partial charge in [0.15, 0.2) is 0 Å². The Labute approximate surface area is 277 Å². The van der Waals surface area contributed by atoms with Crippen molar-refractivity contribution in [2.24, 2.45) is 5.92 Å². The lowest BCUT2D eigenvalue weighted by Gasteiger charge is -2.36. The number of hydrogen-bond donors (Lipinski definition) is 2. The quantitative estimate of drug-likeness (QED) is 0.291. The van der Waals surface area contributed by atoms with Gasteiger partial charge in [-0.2, -0.15) is 0 Å². The summed E-state index contributed by atoms with van der Waals surface area (Å²) in [4.78, 5) is 18.2. The molecule has 0 bridgehead atoms. The van der Waals surface area contributed by atoms with Gasteiger partial charge in [0.1, 0.15) is 15.7 Å². The van der Waals surface area contributed by atoms with Crippen molar-refractivity contribution in [1.29, 1.82) is 0 Å². The fourth-order valence-corrected chi connectivity index (χ4v) is 7.53. The summed E-state index contributed by atoms with van der Waals surface area (Å²) in [7, 11) is -0.122. The molecule has 4 atom stereocenters. The van der Waals surface area contributed by atoms with Crippen LogP contribution in [0.4, 0.5) is 5.69 Å². The van der Waals surface area contributed by atoms with Crippen LogP contribution in [0, 0.1) is 5.92 Å². The lowest BCUT2D eigenvalue weighted by molar-refractivity contribution is -0.0177. The van der Waals surface area contributed by atoms with Crippen LogP contribution in [0.2, 0.25) is 0 Å².